The van der Waals surface area contributed by atoms with Gasteiger partial charge in [0, 0.05) is 17.7 Å². The van der Waals surface area contributed by atoms with Gasteiger partial charge in [0.2, 0.25) is 5.95 Å². The summed E-state index contributed by atoms with van der Waals surface area (Å²) < 4.78 is 82.8. The van der Waals surface area contributed by atoms with Crippen molar-refractivity contribution in [3.8, 4) is 17.0 Å². The van der Waals surface area contributed by atoms with E-state index in [1.165, 1.54) is 18.2 Å². The zero-order chi connectivity index (χ0) is 23.6. The third-order valence-corrected chi connectivity index (χ3v) is 5.08. The van der Waals surface area contributed by atoms with Gasteiger partial charge in [0.05, 0.1) is 11.4 Å². The van der Waals surface area contributed by atoms with E-state index in [-0.39, 0.29) is 34.8 Å². The lowest BCUT2D eigenvalue weighted by Crippen LogP contribution is -2.17. The lowest BCUT2D eigenvalue weighted by Gasteiger charge is -2.16. The van der Waals surface area contributed by atoms with Crippen LogP contribution in [0.25, 0.3) is 11.3 Å². The number of anilines is 3. The first-order valence-electron chi connectivity index (χ1n) is 10.1. The third-order valence-electron chi connectivity index (χ3n) is 5.08. The highest BCUT2D eigenvalue weighted by Crippen LogP contribution is 2.31. The Kier molecular flexibility index (Phi) is 6.30. The molecule has 33 heavy (non-hydrogen) atoms. The van der Waals surface area contributed by atoms with E-state index in [0.29, 0.717) is 0 Å². The van der Waals surface area contributed by atoms with Gasteiger partial charge in [-0.2, -0.15) is 4.98 Å². The summed E-state index contributed by atoms with van der Waals surface area (Å²) in [5.41, 5.74) is 0.130. The Labute approximate surface area is 184 Å². The number of nitrogens with zero attached hydrogens (tertiary/aromatic N) is 2. The molecule has 1 heterocycles. The summed E-state index contributed by atoms with van der Waals surface area (Å²) in [6.45, 7) is 0. The van der Waals surface area contributed by atoms with Crippen LogP contribution in [0.15, 0.2) is 42.5 Å². The highest BCUT2D eigenvalue weighted by molar-refractivity contribution is 5.68. The van der Waals surface area contributed by atoms with Crippen molar-refractivity contribution in [2.24, 2.45) is 0 Å². The molecule has 11 heteroatoms. The van der Waals surface area contributed by atoms with Crippen LogP contribution in [0.3, 0.4) is 0 Å². The fourth-order valence-electron chi connectivity index (χ4n) is 3.59. The average molecular weight is 468 g/mol. The molecule has 1 saturated carbocycles. The van der Waals surface area contributed by atoms with Gasteiger partial charge in [-0.25, -0.2) is 18.2 Å². The molecule has 0 amide bonds. The van der Waals surface area contributed by atoms with Gasteiger partial charge in [-0.3, -0.25) is 0 Å². The van der Waals surface area contributed by atoms with Gasteiger partial charge in [0.15, 0.2) is 17.5 Å². The third kappa shape index (κ3) is 5.65. The predicted molar refractivity (Wildman–Crippen MR) is 110 cm³/mol. The topological polar surface area (TPSA) is 59.1 Å². The summed E-state index contributed by atoms with van der Waals surface area (Å²) in [5.74, 6) is -4.66. The summed E-state index contributed by atoms with van der Waals surface area (Å²) >= 11 is 0. The first kappa shape index (κ1) is 22.7. The van der Waals surface area contributed by atoms with Crippen molar-refractivity contribution in [2.75, 3.05) is 10.6 Å². The van der Waals surface area contributed by atoms with Crippen LogP contribution in [0.1, 0.15) is 25.7 Å². The normalized spacial score (nSPS) is 14.4. The SMILES string of the molecule is Fc1ccc(Nc2cc(-c3cccc(OC(F)(F)F)c3)nc(NC3CCCC3)n2)c(F)c1F. The fourth-order valence-corrected chi connectivity index (χ4v) is 3.59. The molecule has 0 aliphatic heterocycles. The van der Waals surface area contributed by atoms with E-state index in [2.05, 4.69) is 25.3 Å². The highest BCUT2D eigenvalue weighted by atomic mass is 19.4. The van der Waals surface area contributed by atoms with E-state index in [4.69, 9.17) is 0 Å². The summed E-state index contributed by atoms with van der Waals surface area (Å²) in [5, 5.41) is 5.75. The van der Waals surface area contributed by atoms with Crippen LogP contribution < -0.4 is 15.4 Å². The minimum absolute atomic E-state index is 0.0348. The quantitative estimate of drug-likeness (QED) is 0.317. The van der Waals surface area contributed by atoms with E-state index in [9.17, 15) is 26.3 Å². The first-order valence-corrected chi connectivity index (χ1v) is 10.1. The molecule has 3 aromatic rings. The van der Waals surface area contributed by atoms with Crippen molar-refractivity contribution in [3.63, 3.8) is 0 Å². The van der Waals surface area contributed by atoms with Gasteiger partial charge in [-0.1, -0.05) is 25.0 Å². The zero-order valence-electron chi connectivity index (χ0n) is 17.0. The first-order chi connectivity index (χ1) is 15.7. The van der Waals surface area contributed by atoms with E-state index in [0.717, 1.165) is 49.9 Å². The van der Waals surface area contributed by atoms with Crippen molar-refractivity contribution < 1.29 is 31.1 Å². The molecule has 1 fully saturated rings. The van der Waals surface area contributed by atoms with Crippen LogP contribution in [0.5, 0.6) is 5.75 Å². The summed E-state index contributed by atoms with van der Waals surface area (Å²) in [6.07, 6.45) is -1.03. The summed E-state index contributed by atoms with van der Waals surface area (Å²) in [7, 11) is 0. The molecule has 1 aliphatic rings. The molecule has 2 aromatic carbocycles. The monoisotopic (exact) mass is 468 g/mol. The van der Waals surface area contributed by atoms with Crippen LogP contribution >= 0.6 is 0 Å². The molecule has 0 radical (unpaired) electrons. The second-order valence-electron chi connectivity index (χ2n) is 7.51. The van der Waals surface area contributed by atoms with Crippen LogP contribution in [0.4, 0.5) is 43.8 Å². The highest BCUT2D eigenvalue weighted by Gasteiger charge is 2.31. The number of halogens is 6. The van der Waals surface area contributed by atoms with Crippen LogP contribution in [-0.4, -0.2) is 22.4 Å². The second kappa shape index (κ2) is 9.16. The number of hydrogen-bond donors (Lipinski definition) is 2. The molecular formula is C22H18F6N4O. The molecule has 1 aromatic heterocycles. The lowest BCUT2D eigenvalue weighted by atomic mass is 10.1. The molecule has 0 unspecified atom stereocenters. The van der Waals surface area contributed by atoms with E-state index < -0.39 is 29.6 Å². The van der Waals surface area contributed by atoms with Crippen LogP contribution in [-0.2, 0) is 0 Å². The maximum absolute atomic E-state index is 14.2. The number of alkyl halides is 3. The molecule has 0 atom stereocenters. The predicted octanol–water partition coefficient (Wildman–Crippen LogP) is 6.56. The van der Waals surface area contributed by atoms with Gasteiger partial charge >= 0.3 is 6.36 Å². The largest absolute Gasteiger partial charge is 0.573 e. The number of aromatic nitrogens is 2. The molecular weight excluding hydrogens is 450 g/mol. The number of ether oxygens (including phenoxy) is 1. The van der Waals surface area contributed by atoms with Gasteiger partial charge in [-0.15, -0.1) is 13.2 Å². The molecule has 1 aliphatic carbocycles. The Balaban J connectivity index is 1.71. The van der Waals surface area contributed by atoms with Crippen molar-refractivity contribution in [1.82, 2.24) is 9.97 Å². The van der Waals surface area contributed by atoms with E-state index in [1.54, 1.807) is 0 Å². The fraction of sp³-hybridized carbons (Fsp3) is 0.273. The van der Waals surface area contributed by atoms with Crippen LogP contribution in [0.2, 0.25) is 0 Å². The number of benzene rings is 2. The molecule has 4 rings (SSSR count). The van der Waals surface area contributed by atoms with E-state index in [1.807, 2.05) is 0 Å². The minimum atomic E-state index is -4.86. The number of nitrogens with one attached hydrogen (secondary N) is 2. The van der Waals surface area contributed by atoms with Crippen molar-refractivity contribution in [1.29, 1.82) is 0 Å². The molecule has 5 nitrogen and oxygen atoms in total. The Morgan fingerprint density at radius 3 is 2.39 bits per heavy atom. The van der Waals surface area contributed by atoms with Crippen molar-refractivity contribution >= 4 is 17.5 Å². The standard InChI is InChI=1S/C22H18F6N4O/c23-15-8-9-16(20(25)19(15)24)30-18-11-17(31-21(32-18)29-13-5-1-2-6-13)12-4-3-7-14(10-12)33-22(26,27)28/h3-4,7-11,13H,1-2,5-6H2,(H2,29,30,31,32). The van der Waals surface area contributed by atoms with Gasteiger partial charge < -0.3 is 15.4 Å². The average Bonchev–Trinajstić information content (AvgIpc) is 3.26. The number of rotatable bonds is 6. The number of hydrogen-bond acceptors (Lipinski definition) is 5. The van der Waals surface area contributed by atoms with Gasteiger partial charge in [0.1, 0.15) is 11.6 Å². The summed E-state index contributed by atoms with van der Waals surface area (Å²) in [6, 6.07) is 8.41. The maximum Gasteiger partial charge on any atom is 0.573 e. The summed E-state index contributed by atoms with van der Waals surface area (Å²) in [4.78, 5) is 8.64. The van der Waals surface area contributed by atoms with Gasteiger partial charge in [-0.05, 0) is 37.1 Å². The Hall–Kier alpha value is -3.50. The Morgan fingerprint density at radius 1 is 0.909 bits per heavy atom. The second-order valence-corrected chi connectivity index (χ2v) is 7.51. The molecule has 0 bridgehead atoms. The molecule has 0 spiro atoms. The Bertz CT molecular complexity index is 1150. The minimum Gasteiger partial charge on any atom is -0.406 e. The van der Waals surface area contributed by atoms with Crippen molar-refractivity contribution in [3.05, 3.63) is 59.9 Å². The van der Waals surface area contributed by atoms with Gasteiger partial charge in [0.25, 0.3) is 0 Å². The Morgan fingerprint density at radius 2 is 1.67 bits per heavy atom. The molecule has 2 N–H and O–H groups in total. The van der Waals surface area contributed by atoms with Crippen LogP contribution in [0, 0.1) is 17.5 Å². The lowest BCUT2D eigenvalue weighted by molar-refractivity contribution is -0.274. The smallest absolute Gasteiger partial charge is 0.406 e. The molecule has 174 valence electrons. The molecule has 0 saturated heterocycles. The maximum atomic E-state index is 14.2. The zero-order valence-corrected chi connectivity index (χ0v) is 17.0. The van der Waals surface area contributed by atoms with Crippen molar-refractivity contribution in [2.45, 2.75) is 38.1 Å². The van der Waals surface area contributed by atoms with E-state index >= 15 is 0 Å².